The standard InChI is InChI=1S/C13H26/c1-4-7-8-9-10-11-12-13(5-2)6-3/h4,13H,1,5-12H2,2-3H3. The Morgan fingerprint density at radius 1 is 1.00 bits per heavy atom. The second-order valence-corrected chi connectivity index (χ2v) is 3.96. The van der Waals surface area contributed by atoms with Crippen LogP contribution in [0.5, 0.6) is 0 Å². The molecule has 0 aliphatic rings. The molecule has 0 rings (SSSR count). The topological polar surface area (TPSA) is 0 Å². The summed E-state index contributed by atoms with van der Waals surface area (Å²) in [7, 11) is 0. The highest BCUT2D eigenvalue weighted by atomic mass is 14.1. The molecule has 0 heterocycles. The molecule has 0 aromatic carbocycles. The fraction of sp³-hybridized carbons (Fsp3) is 0.846. The van der Waals surface area contributed by atoms with Gasteiger partial charge in [-0.25, -0.2) is 0 Å². The maximum absolute atomic E-state index is 3.73. The molecule has 0 saturated heterocycles. The molecule has 0 amide bonds. The zero-order valence-electron chi connectivity index (χ0n) is 9.52. The summed E-state index contributed by atoms with van der Waals surface area (Å²) in [5, 5.41) is 0. The molecule has 0 atom stereocenters. The van der Waals surface area contributed by atoms with E-state index < -0.39 is 0 Å². The third kappa shape index (κ3) is 8.08. The van der Waals surface area contributed by atoms with E-state index in [1.807, 2.05) is 6.08 Å². The lowest BCUT2D eigenvalue weighted by molar-refractivity contribution is 0.428. The Labute approximate surface area is 84.4 Å². The molecule has 0 aromatic rings. The van der Waals surface area contributed by atoms with Crippen molar-refractivity contribution in [2.24, 2.45) is 5.92 Å². The highest BCUT2D eigenvalue weighted by Gasteiger charge is 2.01. The Balaban J connectivity index is 3.09. The number of allylic oxidation sites excluding steroid dienone is 1. The lowest BCUT2D eigenvalue weighted by Crippen LogP contribution is -1.96. The van der Waals surface area contributed by atoms with E-state index in [2.05, 4.69) is 20.4 Å². The Morgan fingerprint density at radius 3 is 2.15 bits per heavy atom. The van der Waals surface area contributed by atoms with Crippen molar-refractivity contribution in [1.82, 2.24) is 0 Å². The molecule has 0 aliphatic heterocycles. The minimum Gasteiger partial charge on any atom is -0.103 e. The van der Waals surface area contributed by atoms with E-state index in [4.69, 9.17) is 0 Å². The van der Waals surface area contributed by atoms with E-state index in [1.165, 1.54) is 51.4 Å². The van der Waals surface area contributed by atoms with Crippen LogP contribution < -0.4 is 0 Å². The maximum Gasteiger partial charge on any atom is -0.0353 e. The van der Waals surface area contributed by atoms with Gasteiger partial charge in [0.2, 0.25) is 0 Å². The summed E-state index contributed by atoms with van der Waals surface area (Å²) in [5.41, 5.74) is 0. The van der Waals surface area contributed by atoms with Crippen LogP contribution in [0.4, 0.5) is 0 Å². The fourth-order valence-corrected chi connectivity index (χ4v) is 1.77. The van der Waals surface area contributed by atoms with Gasteiger partial charge in [0, 0.05) is 0 Å². The highest BCUT2D eigenvalue weighted by Crippen LogP contribution is 2.17. The normalized spacial score (nSPS) is 10.7. The van der Waals surface area contributed by atoms with Crippen molar-refractivity contribution >= 4 is 0 Å². The molecule has 0 bridgehead atoms. The van der Waals surface area contributed by atoms with Crippen molar-refractivity contribution in [3.63, 3.8) is 0 Å². The van der Waals surface area contributed by atoms with E-state index in [0.717, 1.165) is 5.92 Å². The van der Waals surface area contributed by atoms with Crippen LogP contribution in [0.2, 0.25) is 0 Å². The van der Waals surface area contributed by atoms with Gasteiger partial charge in [-0.1, -0.05) is 58.4 Å². The van der Waals surface area contributed by atoms with Crippen LogP contribution >= 0.6 is 0 Å². The summed E-state index contributed by atoms with van der Waals surface area (Å²) in [6, 6.07) is 0. The van der Waals surface area contributed by atoms with Crippen LogP contribution in [0.15, 0.2) is 12.7 Å². The number of hydrogen-bond donors (Lipinski definition) is 0. The maximum atomic E-state index is 3.73. The Kier molecular flexibility index (Phi) is 9.63. The lowest BCUT2D eigenvalue weighted by atomic mass is 9.96. The van der Waals surface area contributed by atoms with Crippen molar-refractivity contribution in [3.05, 3.63) is 12.7 Å². The van der Waals surface area contributed by atoms with Crippen molar-refractivity contribution in [3.8, 4) is 0 Å². The SMILES string of the molecule is C=CCCCCCCC(CC)CC. The van der Waals surface area contributed by atoms with Gasteiger partial charge in [0.25, 0.3) is 0 Å². The molecule has 0 aliphatic carbocycles. The summed E-state index contributed by atoms with van der Waals surface area (Å²) >= 11 is 0. The molecule has 0 unspecified atom stereocenters. The second-order valence-electron chi connectivity index (χ2n) is 3.96. The summed E-state index contributed by atoms with van der Waals surface area (Å²) in [6.07, 6.45) is 13.0. The molecule has 0 aromatic heterocycles. The van der Waals surface area contributed by atoms with Crippen molar-refractivity contribution in [1.29, 1.82) is 0 Å². The van der Waals surface area contributed by atoms with E-state index in [1.54, 1.807) is 0 Å². The van der Waals surface area contributed by atoms with Gasteiger partial charge in [0.05, 0.1) is 0 Å². The van der Waals surface area contributed by atoms with Gasteiger partial charge < -0.3 is 0 Å². The van der Waals surface area contributed by atoms with Gasteiger partial charge in [-0.3, -0.25) is 0 Å². The predicted molar refractivity (Wildman–Crippen MR) is 62.0 cm³/mol. The van der Waals surface area contributed by atoms with E-state index in [9.17, 15) is 0 Å². The summed E-state index contributed by atoms with van der Waals surface area (Å²) in [5.74, 6) is 0.986. The van der Waals surface area contributed by atoms with E-state index >= 15 is 0 Å². The Morgan fingerprint density at radius 2 is 1.62 bits per heavy atom. The molecule has 0 N–H and O–H groups in total. The molecule has 0 spiro atoms. The zero-order chi connectivity index (χ0) is 9.94. The van der Waals surface area contributed by atoms with Crippen molar-refractivity contribution < 1.29 is 0 Å². The molecule has 78 valence electrons. The first-order valence-corrected chi connectivity index (χ1v) is 5.96. The Hall–Kier alpha value is -0.260. The summed E-state index contributed by atoms with van der Waals surface area (Å²) < 4.78 is 0. The van der Waals surface area contributed by atoms with Crippen LogP contribution in [0.25, 0.3) is 0 Å². The number of hydrogen-bond acceptors (Lipinski definition) is 0. The quantitative estimate of drug-likeness (QED) is 0.349. The molecule has 0 radical (unpaired) electrons. The van der Waals surface area contributed by atoms with E-state index in [0.29, 0.717) is 0 Å². The fourth-order valence-electron chi connectivity index (χ4n) is 1.77. The van der Waals surface area contributed by atoms with Crippen LogP contribution in [0.3, 0.4) is 0 Å². The third-order valence-electron chi connectivity index (χ3n) is 2.93. The number of unbranched alkanes of at least 4 members (excludes halogenated alkanes) is 4. The van der Waals surface area contributed by atoms with Gasteiger partial charge in [-0.2, -0.15) is 0 Å². The molecule has 0 fully saturated rings. The van der Waals surface area contributed by atoms with Crippen LogP contribution in [0.1, 0.15) is 65.2 Å². The van der Waals surface area contributed by atoms with Gasteiger partial charge >= 0.3 is 0 Å². The van der Waals surface area contributed by atoms with Gasteiger partial charge in [0.1, 0.15) is 0 Å². The summed E-state index contributed by atoms with van der Waals surface area (Å²) in [6.45, 7) is 8.36. The van der Waals surface area contributed by atoms with Crippen LogP contribution in [-0.4, -0.2) is 0 Å². The molecular formula is C13H26. The minimum atomic E-state index is 0.986. The monoisotopic (exact) mass is 182 g/mol. The van der Waals surface area contributed by atoms with Gasteiger partial charge in [0.15, 0.2) is 0 Å². The molecule has 13 heavy (non-hydrogen) atoms. The van der Waals surface area contributed by atoms with Crippen molar-refractivity contribution in [2.45, 2.75) is 65.2 Å². The predicted octanol–water partition coefficient (Wildman–Crippen LogP) is 4.95. The average molecular weight is 182 g/mol. The second kappa shape index (κ2) is 9.83. The molecule has 0 saturated carbocycles. The average Bonchev–Trinajstić information content (AvgIpc) is 2.17. The highest BCUT2D eigenvalue weighted by molar-refractivity contribution is 4.65. The smallest absolute Gasteiger partial charge is 0.0353 e. The minimum absolute atomic E-state index is 0.986. The molecular weight excluding hydrogens is 156 g/mol. The summed E-state index contributed by atoms with van der Waals surface area (Å²) in [4.78, 5) is 0. The van der Waals surface area contributed by atoms with Crippen LogP contribution in [-0.2, 0) is 0 Å². The first-order chi connectivity index (χ1) is 6.35. The third-order valence-corrected chi connectivity index (χ3v) is 2.93. The molecule has 0 heteroatoms. The zero-order valence-corrected chi connectivity index (χ0v) is 9.52. The van der Waals surface area contributed by atoms with Gasteiger partial charge in [-0.05, 0) is 18.8 Å². The first kappa shape index (κ1) is 12.7. The van der Waals surface area contributed by atoms with Crippen molar-refractivity contribution in [2.75, 3.05) is 0 Å². The first-order valence-electron chi connectivity index (χ1n) is 5.96. The van der Waals surface area contributed by atoms with Gasteiger partial charge in [-0.15, -0.1) is 6.58 Å². The lowest BCUT2D eigenvalue weighted by Gasteiger charge is -2.10. The largest absolute Gasteiger partial charge is 0.103 e. The Bertz CT molecular complexity index is 101. The molecule has 0 nitrogen and oxygen atoms in total. The number of rotatable bonds is 9. The van der Waals surface area contributed by atoms with Crippen LogP contribution in [0, 0.1) is 5.92 Å². The van der Waals surface area contributed by atoms with E-state index in [-0.39, 0.29) is 0 Å².